The third kappa shape index (κ3) is 19.4. The molecule has 0 fully saturated rings. The summed E-state index contributed by atoms with van der Waals surface area (Å²) >= 11 is 1.59. The van der Waals surface area contributed by atoms with Gasteiger partial charge in [-0.2, -0.15) is 11.4 Å². The Labute approximate surface area is 112 Å². The quantitative estimate of drug-likeness (QED) is 0.467. The summed E-state index contributed by atoms with van der Waals surface area (Å²) < 4.78 is 4.53. The Morgan fingerprint density at radius 2 is 2.23 bits per heavy atom. The maximum absolute atomic E-state index is 4.53. The van der Waals surface area contributed by atoms with E-state index in [0.29, 0.717) is 0 Å². The number of thiophene rings is 1. The van der Waals surface area contributed by atoms with E-state index in [1.54, 1.807) is 11.3 Å². The van der Waals surface area contributed by atoms with Crippen LogP contribution >= 0.6 is 28.3 Å². The summed E-state index contributed by atoms with van der Waals surface area (Å²) in [5, 5.41) is 4.89. The molecule has 1 heterocycles. The summed E-state index contributed by atoms with van der Waals surface area (Å²) in [5.74, 6) is 0. The van der Waals surface area contributed by atoms with Crippen molar-refractivity contribution in [3.05, 3.63) is 30.0 Å². The van der Waals surface area contributed by atoms with Crippen LogP contribution in [0, 0.1) is 12.5 Å². The molecule has 0 radical (unpaired) electrons. The second kappa shape index (κ2) is 18.6. The molecule has 0 atom stereocenters. The molecule has 0 unspecified atom stereocenters. The van der Waals surface area contributed by atoms with Crippen LogP contribution in [0.1, 0.15) is 19.8 Å². The van der Waals surface area contributed by atoms with Gasteiger partial charge in [0.25, 0.3) is 0 Å². The van der Waals surface area contributed by atoms with E-state index in [-0.39, 0.29) is 40.0 Å². The molecule has 0 aromatic carbocycles. The number of rotatable bonds is 3. The zero-order valence-corrected chi connectivity index (χ0v) is 11.9. The Hall–Kier alpha value is 0.906. The second-order valence-electron chi connectivity index (χ2n) is 1.99. The van der Waals surface area contributed by atoms with Crippen LogP contribution in [-0.4, -0.2) is 29.7 Å². The Balaban J connectivity index is -0.000000134. The maximum Gasteiger partial charge on any atom is 2.00 e. The molecule has 0 saturated carbocycles. The summed E-state index contributed by atoms with van der Waals surface area (Å²) in [6, 6.07) is 3.86. The molecule has 1 nitrogen and oxygen atoms in total. The number of unbranched alkanes of at least 4 members (excludes halogenated alkanes) is 1. The van der Waals surface area contributed by atoms with Crippen molar-refractivity contribution in [3.8, 4) is 0 Å². The molecule has 0 N–H and O–H groups in total. The fourth-order valence-corrected chi connectivity index (χ4v) is 0.836. The topological polar surface area (TPSA) is 9.23 Å². The maximum atomic E-state index is 4.53. The summed E-state index contributed by atoms with van der Waals surface area (Å²) in [7, 11) is 3.22. The molecule has 72 valence electrons. The van der Waals surface area contributed by atoms with Gasteiger partial charge in [0.15, 0.2) is 0 Å². The predicted molar refractivity (Wildman–Crippen MR) is 65.4 cm³/mol. The summed E-state index contributed by atoms with van der Waals surface area (Å²) in [6.45, 7) is 2.93. The molecule has 0 aliphatic rings. The number of ether oxygens (including phenoxy) is 1. The first-order valence-electron chi connectivity index (χ1n) is 3.68. The molecular formula is C9H15BrMgOS. The van der Waals surface area contributed by atoms with E-state index >= 15 is 0 Å². The fourth-order valence-electron chi connectivity index (χ4n) is 0.443. The van der Waals surface area contributed by atoms with E-state index in [2.05, 4.69) is 24.2 Å². The Morgan fingerprint density at radius 1 is 1.54 bits per heavy atom. The first kappa shape index (κ1) is 19.5. The van der Waals surface area contributed by atoms with Crippen molar-refractivity contribution in [2.75, 3.05) is 6.61 Å². The van der Waals surface area contributed by atoms with Crippen LogP contribution in [0.3, 0.4) is 0 Å². The van der Waals surface area contributed by atoms with Crippen LogP contribution in [0.15, 0.2) is 17.5 Å². The molecule has 0 aliphatic heterocycles. The monoisotopic (exact) mass is 274 g/mol. The summed E-state index contributed by atoms with van der Waals surface area (Å²) in [5.41, 5.74) is 0. The van der Waals surface area contributed by atoms with Gasteiger partial charge in [0.2, 0.25) is 0 Å². The van der Waals surface area contributed by atoms with Gasteiger partial charge in [-0.1, -0.05) is 13.3 Å². The molecule has 0 amide bonds. The van der Waals surface area contributed by atoms with Crippen LogP contribution < -0.4 is 0 Å². The van der Waals surface area contributed by atoms with Crippen molar-refractivity contribution in [2.24, 2.45) is 0 Å². The smallest absolute Gasteiger partial charge is 0.555 e. The first-order valence-corrected chi connectivity index (χ1v) is 4.56. The average Bonchev–Trinajstić information content (AvgIpc) is 2.57. The summed E-state index contributed by atoms with van der Waals surface area (Å²) in [6.07, 6.45) is 2.32. The van der Waals surface area contributed by atoms with Gasteiger partial charge in [0, 0.05) is 6.61 Å². The van der Waals surface area contributed by atoms with Crippen molar-refractivity contribution in [3.63, 3.8) is 0 Å². The minimum Gasteiger partial charge on any atom is -0.555 e. The van der Waals surface area contributed by atoms with Crippen LogP contribution in [0.4, 0.5) is 0 Å². The van der Waals surface area contributed by atoms with Gasteiger partial charge in [0.05, 0.1) is 0 Å². The van der Waals surface area contributed by atoms with E-state index in [0.717, 1.165) is 13.0 Å². The van der Waals surface area contributed by atoms with E-state index in [1.807, 2.05) is 17.5 Å². The number of hydrogen-bond acceptors (Lipinski definition) is 2. The molecule has 0 spiro atoms. The van der Waals surface area contributed by atoms with Crippen LogP contribution in [0.25, 0.3) is 0 Å². The molecule has 0 saturated heterocycles. The van der Waals surface area contributed by atoms with Crippen molar-refractivity contribution < 1.29 is 4.74 Å². The third-order valence-corrected chi connectivity index (χ3v) is 1.59. The van der Waals surface area contributed by atoms with Gasteiger partial charge < -0.3 is 16.1 Å². The van der Waals surface area contributed by atoms with Gasteiger partial charge >= 0.3 is 23.1 Å². The number of hydrogen-bond donors (Lipinski definition) is 0. The zero-order valence-electron chi connectivity index (χ0n) is 7.99. The Kier molecular flexibility index (Phi) is 27.9. The summed E-state index contributed by atoms with van der Waals surface area (Å²) in [4.78, 5) is 0. The number of halogens is 1. The molecule has 13 heavy (non-hydrogen) atoms. The van der Waals surface area contributed by atoms with E-state index in [9.17, 15) is 0 Å². The molecule has 1 rings (SSSR count). The Bertz CT molecular complexity index is 115. The molecule has 4 heteroatoms. The molecular weight excluding hydrogens is 260 g/mol. The normalized spacial score (nSPS) is 7.23. The average molecular weight is 275 g/mol. The predicted octanol–water partition coefficient (Wildman–Crippen LogP) is 3.34. The largest absolute Gasteiger partial charge is 2.00 e. The van der Waals surface area contributed by atoms with Crippen LogP contribution in [0.2, 0.25) is 0 Å². The molecule has 0 aliphatic carbocycles. The standard InChI is InChI=1S/C5H11O.C4H3S.BrH.Mg/c1-3-4-5-6-2;1-2-4-5-3-1;;/h2-5H2,1H3;1-3H;1H;/q2*-1;;+2. The SMILES string of the molecule is Br.[CH2-]OCCCC.[Mg+2].[c-]1cccs1. The van der Waals surface area contributed by atoms with Gasteiger partial charge in [-0.3, -0.25) is 0 Å². The Morgan fingerprint density at radius 3 is 2.38 bits per heavy atom. The molecule has 1 aromatic heterocycles. The molecule has 1 aromatic rings. The third-order valence-electron chi connectivity index (χ3n) is 1.02. The van der Waals surface area contributed by atoms with Crippen LogP contribution in [-0.2, 0) is 4.74 Å². The van der Waals surface area contributed by atoms with E-state index in [4.69, 9.17) is 0 Å². The minimum atomic E-state index is 0. The van der Waals surface area contributed by atoms with Gasteiger partial charge in [-0.15, -0.1) is 22.4 Å². The van der Waals surface area contributed by atoms with Gasteiger partial charge in [0.1, 0.15) is 0 Å². The van der Waals surface area contributed by atoms with Crippen LogP contribution in [0.5, 0.6) is 0 Å². The zero-order chi connectivity index (χ0) is 8.36. The van der Waals surface area contributed by atoms with Crippen molar-refractivity contribution >= 4 is 51.4 Å². The first-order chi connectivity index (χ1) is 5.41. The molecule has 0 bridgehead atoms. The van der Waals surface area contributed by atoms with Gasteiger partial charge in [-0.25, -0.2) is 13.2 Å². The van der Waals surface area contributed by atoms with Gasteiger partial charge in [-0.05, 0) is 6.42 Å². The minimum absolute atomic E-state index is 0. The van der Waals surface area contributed by atoms with Crippen molar-refractivity contribution in [2.45, 2.75) is 19.8 Å². The van der Waals surface area contributed by atoms with Crippen molar-refractivity contribution in [1.82, 2.24) is 0 Å². The van der Waals surface area contributed by atoms with Crippen molar-refractivity contribution in [1.29, 1.82) is 0 Å². The van der Waals surface area contributed by atoms with E-state index < -0.39 is 0 Å². The fraction of sp³-hybridized carbons (Fsp3) is 0.444. The second-order valence-corrected chi connectivity index (χ2v) is 2.74. The van der Waals surface area contributed by atoms with E-state index in [1.165, 1.54) is 6.42 Å².